The van der Waals surface area contributed by atoms with Crippen LogP contribution in [0.15, 0.2) is 66.7 Å². The molecule has 4 rings (SSSR count). The normalized spacial score (nSPS) is 15.8. The molecule has 0 saturated heterocycles. The van der Waals surface area contributed by atoms with Crippen molar-refractivity contribution >= 4 is 5.69 Å². The number of rotatable bonds is 6. The summed E-state index contributed by atoms with van der Waals surface area (Å²) in [6.07, 6.45) is 1.81. The van der Waals surface area contributed by atoms with E-state index in [0.29, 0.717) is 0 Å². The molecule has 0 fully saturated rings. The van der Waals surface area contributed by atoms with E-state index < -0.39 is 0 Å². The lowest BCUT2D eigenvalue weighted by atomic mass is 10.00. The molecule has 3 aromatic rings. The van der Waals surface area contributed by atoms with Crippen LogP contribution in [0.1, 0.15) is 29.7 Å². The maximum Gasteiger partial charge on any atom is 0.161 e. The van der Waals surface area contributed by atoms with Gasteiger partial charge < -0.3 is 19.1 Å². The van der Waals surface area contributed by atoms with Crippen LogP contribution in [0, 0.1) is 0 Å². The van der Waals surface area contributed by atoms with Crippen LogP contribution in [0.4, 0.5) is 5.69 Å². The van der Waals surface area contributed by atoms with E-state index in [1.165, 1.54) is 16.8 Å². The molecule has 0 radical (unpaired) electrons. The second kappa shape index (κ2) is 9.12. The molecule has 0 amide bonds. The Labute approximate surface area is 179 Å². The molecular formula is C26H29NO3. The first-order valence-electron chi connectivity index (χ1n) is 10.5. The second-order valence-electron chi connectivity index (χ2n) is 7.50. The van der Waals surface area contributed by atoms with Gasteiger partial charge in [-0.1, -0.05) is 43.3 Å². The van der Waals surface area contributed by atoms with Crippen molar-refractivity contribution in [2.24, 2.45) is 0 Å². The van der Waals surface area contributed by atoms with Gasteiger partial charge in [0.25, 0.3) is 0 Å². The number of para-hydroxylation sites is 2. The molecule has 1 unspecified atom stereocenters. The summed E-state index contributed by atoms with van der Waals surface area (Å²) >= 11 is 0. The maximum atomic E-state index is 6.52. The Morgan fingerprint density at radius 1 is 0.900 bits per heavy atom. The number of hydrogen-bond donors (Lipinski definition) is 0. The number of hydrogen-bond acceptors (Lipinski definition) is 4. The molecule has 0 bridgehead atoms. The van der Waals surface area contributed by atoms with Crippen molar-refractivity contribution < 1.29 is 14.2 Å². The summed E-state index contributed by atoms with van der Waals surface area (Å²) in [7, 11) is 3.36. The predicted molar refractivity (Wildman–Crippen MR) is 121 cm³/mol. The SMILES string of the molecule is CCc1ccccc1N1CCc2cc(OC)c(OC)cc2C(Oc2ccccc2)C1. The highest BCUT2D eigenvalue weighted by atomic mass is 16.5. The van der Waals surface area contributed by atoms with Gasteiger partial charge in [0.15, 0.2) is 11.5 Å². The Bertz CT molecular complexity index is 987. The standard InChI is InChI=1S/C26H29NO3/c1-4-19-10-8-9-13-23(19)27-15-14-20-16-24(28-2)25(29-3)17-22(20)26(18-27)30-21-11-6-5-7-12-21/h5-13,16-17,26H,4,14-15,18H2,1-3H3. The number of nitrogens with zero attached hydrogens (tertiary/aromatic N) is 1. The van der Waals surface area contributed by atoms with E-state index >= 15 is 0 Å². The third-order valence-corrected chi connectivity index (χ3v) is 5.76. The van der Waals surface area contributed by atoms with Crippen LogP contribution >= 0.6 is 0 Å². The Balaban J connectivity index is 1.76. The van der Waals surface area contributed by atoms with Gasteiger partial charge in [0.05, 0.1) is 20.8 Å². The van der Waals surface area contributed by atoms with Gasteiger partial charge in [-0.3, -0.25) is 0 Å². The first-order chi connectivity index (χ1) is 14.7. The van der Waals surface area contributed by atoms with Crippen LogP contribution in [0.3, 0.4) is 0 Å². The molecule has 1 aliphatic rings. The lowest BCUT2D eigenvalue weighted by molar-refractivity contribution is 0.212. The molecule has 156 valence electrons. The zero-order valence-electron chi connectivity index (χ0n) is 17.9. The Morgan fingerprint density at radius 3 is 2.33 bits per heavy atom. The van der Waals surface area contributed by atoms with E-state index in [0.717, 1.165) is 48.7 Å². The van der Waals surface area contributed by atoms with E-state index in [1.807, 2.05) is 30.3 Å². The molecule has 0 N–H and O–H groups in total. The number of ether oxygens (including phenoxy) is 3. The molecule has 1 atom stereocenters. The zero-order valence-corrected chi connectivity index (χ0v) is 17.9. The molecule has 0 saturated carbocycles. The lowest BCUT2D eigenvalue weighted by Crippen LogP contribution is -2.31. The highest BCUT2D eigenvalue weighted by Crippen LogP contribution is 2.38. The predicted octanol–water partition coefficient (Wildman–Crippen LogP) is 5.45. The second-order valence-corrected chi connectivity index (χ2v) is 7.50. The van der Waals surface area contributed by atoms with Gasteiger partial charge in [0.2, 0.25) is 0 Å². The Kier molecular flexibility index (Phi) is 6.12. The van der Waals surface area contributed by atoms with Gasteiger partial charge in [-0.2, -0.15) is 0 Å². The van der Waals surface area contributed by atoms with Gasteiger partial charge in [-0.25, -0.2) is 0 Å². The number of anilines is 1. The molecular weight excluding hydrogens is 374 g/mol. The Hall–Kier alpha value is -3.14. The average Bonchev–Trinajstić information content (AvgIpc) is 2.97. The highest BCUT2D eigenvalue weighted by molar-refractivity contribution is 5.56. The molecule has 4 heteroatoms. The first-order valence-corrected chi connectivity index (χ1v) is 10.5. The molecule has 0 aliphatic carbocycles. The molecule has 1 heterocycles. The smallest absolute Gasteiger partial charge is 0.161 e. The topological polar surface area (TPSA) is 30.9 Å². The Morgan fingerprint density at radius 2 is 1.60 bits per heavy atom. The molecule has 4 nitrogen and oxygen atoms in total. The van der Waals surface area contributed by atoms with Crippen molar-refractivity contribution in [2.45, 2.75) is 25.9 Å². The highest BCUT2D eigenvalue weighted by Gasteiger charge is 2.27. The van der Waals surface area contributed by atoms with E-state index in [4.69, 9.17) is 14.2 Å². The minimum Gasteiger partial charge on any atom is -0.493 e. The number of fused-ring (bicyclic) bond motifs is 1. The van der Waals surface area contributed by atoms with Crippen molar-refractivity contribution in [2.75, 3.05) is 32.2 Å². The van der Waals surface area contributed by atoms with Crippen molar-refractivity contribution in [3.8, 4) is 17.2 Å². The van der Waals surface area contributed by atoms with Gasteiger partial charge in [-0.05, 0) is 54.3 Å². The number of methoxy groups -OCH3 is 2. The summed E-state index contributed by atoms with van der Waals surface area (Å²) in [4.78, 5) is 2.45. The summed E-state index contributed by atoms with van der Waals surface area (Å²) < 4.78 is 17.7. The van der Waals surface area contributed by atoms with Crippen LogP contribution in [0.2, 0.25) is 0 Å². The molecule has 0 spiro atoms. The van der Waals surface area contributed by atoms with Gasteiger partial charge in [0, 0.05) is 17.8 Å². The molecule has 0 aromatic heterocycles. The summed E-state index contributed by atoms with van der Waals surface area (Å²) in [5.41, 5.74) is 5.04. The summed E-state index contributed by atoms with van der Waals surface area (Å²) in [6.45, 7) is 3.90. The minimum absolute atomic E-state index is 0.116. The van der Waals surface area contributed by atoms with Crippen molar-refractivity contribution in [1.29, 1.82) is 0 Å². The molecule has 3 aromatic carbocycles. The van der Waals surface area contributed by atoms with Crippen LogP contribution in [0.5, 0.6) is 17.2 Å². The summed E-state index contributed by atoms with van der Waals surface area (Å²) in [5.74, 6) is 2.37. The fourth-order valence-corrected chi connectivity index (χ4v) is 4.20. The van der Waals surface area contributed by atoms with E-state index in [2.05, 4.69) is 48.2 Å². The van der Waals surface area contributed by atoms with Crippen LogP contribution in [-0.2, 0) is 12.8 Å². The van der Waals surface area contributed by atoms with Crippen LogP contribution < -0.4 is 19.1 Å². The van der Waals surface area contributed by atoms with Crippen molar-refractivity contribution in [1.82, 2.24) is 0 Å². The fourth-order valence-electron chi connectivity index (χ4n) is 4.20. The first kappa shape index (κ1) is 20.1. The number of aryl methyl sites for hydroxylation is 1. The van der Waals surface area contributed by atoms with Crippen LogP contribution in [-0.4, -0.2) is 27.3 Å². The van der Waals surface area contributed by atoms with Crippen molar-refractivity contribution in [3.63, 3.8) is 0 Å². The van der Waals surface area contributed by atoms with E-state index in [1.54, 1.807) is 14.2 Å². The maximum absolute atomic E-state index is 6.52. The average molecular weight is 404 g/mol. The van der Waals surface area contributed by atoms with E-state index in [-0.39, 0.29) is 6.10 Å². The monoisotopic (exact) mass is 403 g/mol. The van der Waals surface area contributed by atoms with Gasteiger partial charge in [-0.15, -0.1) is 0 Å². The minimum atomic E-state index is -0.116. The van der Waals surface area contributed by atoms with E-state index in [9.17, 15) is 0 Å². The van der Waals surface area contributed by atoms with Gasteiger partial charge in [0.1, 0.15) is 11.9 Å². The summed E-state index contributed by atoms with van der Waals surface area (Å²) in [5, 5.41) is 0. The largest absolute Gasteiger partial charge is 0.493 e. The van der Waals surface area contributed by atoms with Gasteiger partial charge >= 0.3 is 0 Å². The number of benzene rings is 3. The quantitative estimate of drug-likeness (QED) is 0.548. The third kappa shape index (κ3) is 4.09. The van der Waals surface area contributed by atoms with Crippen molar-refractivity contribution in [3.05, 3.63) is 83.4 Å². The third-order valence-electron chi connectivity index (χ3n) is 5.76. The lowest BCUT2D eigenvalue weighted by Gasteiger charge is -2.29. The fraction of sp³-hybridized carbons (Fsp3) is 0.308. The van der Waals surface area contributed by atoms with Crippen LogP contribution in [0.25, 0.3) is 0 Å². The summed E-state index contributed by atoms with van der Waals surface area (Å²) in [6, 6.07) is 22.9. The molecule has 1 aliphatic heterocycles. The molecule has 30 heavy (non-hydrogen) atoms. The zero-order chi connectivity index (χ0) is 20.9.